The first-order valence-electron chi connectivity index (χ1n) is 7.35. The number of Topliss-reactive ketones (excluding diaryl/α,β-unsaturated/α-hetero) is 2. The van der Waals surface area contributed by atoms with E-state index >= 15 is 0 Å². The van der Waals surface area contributed by atoms with E-state index in [0.29, 0.717) is 18.4 Å². The second-order valence-electron chi connectivity index (χ2n) is 7.05. The molecule has 2 aliphatic rings. The van der Waals surface area contributed by atoms with Crippen molar-refractivity contribution in [2.45, 2.75) is 45.6 Å². The maximum absolute atomic E-state index is 12.7. The second-order valence-corrected chi connectivity index (χ2v) is 7.05. The van der Waals surface area contributed by atoms with E-state index in [9.17, 15) is 9.59 Å². The van der Waals surface area contributed by atoms with Crippen molar-refractivity contribution in [1.29, 1.82) is 0 Å². The summed E-state index contributed by atoms with van der Waals surface area (Å²) in [5.41, 5.74) is 0.326. The van der Waals surface area contributed by atoms with Crippen molar-refractivity contribution >= 4 is 11.6 Å². The average molecular weight is 284 g/mol. The molecule has 0 aromatic heterocycles. The van der Waals surface area contributed by atoms with Crippen LogP contribution in [0.5, 0.6) is 0 Å². The minimum atomic E-state index is -0.942. The van der Waals surface area contributed by atoms with Crippen molar-refractivity contribution in [2.24, 2.45) is 5.41 Å². The summed E-state index contributed by atoms with van der Waals surface area (Å²) in [6.07, 6.45) is 1.65. The molecule has 1 aromatic carbocycles. The normalized spacial score (nSPS) is 27.3. The summed E-state index contributed by atoms with van der Waals surface area (Å²) in [6, 6.07) is 9.14. The lowest BCUT2D eigenvalue weighted by atomic mass is 9.75. The lowest BCUT2D eigenvalue weighted by Gasteiger charge is -2.29. The molecule has 0 spiro atoms. The van der Waals surface area contributed by atoms with Crippen LogP contribution in [-0.2, 0) is 9.53 Å². The third-order valence-corrected chi connectivity index (χ3v) is 4.33. The maximum Gasteiger partial charge on any atom is 0.206 e. The minimum Gasteiger partial charge on any atom is -0.483 e. The van der Waals surface area contributed by atoms with E-state index in [0.717, 1.165) is 17.8 Å². The second kappa shape index (κ2) is 4.55. The Morgan fingerprint density at radius 3 is 2.38 bits per heavy atom. The number of ether oxygens (including phenoxy) is 1. The smallest absolute Gasteiger partial charge is 0.206 e. The van der Waals surface area contributed by atoms with E-state index in [1.165, 1.54) is 0 Å². The molecule has 0 saturated heterocycles. The predicted octanol–water partition coefficient (Wildman–Crippen LogP) is 3.69. The summed E-state index contributed by atoms with van der Waals surface area (Å²) in [5.74, 6) is 0.803. The van der Waals surface area contributed by atoms with Gasteiger partial charge in [-0.1, -0.05) is 44.2 Å². The fourth-order valence-corrected chi connectivity index (χ4v) is 3.26. The SMILES string of the molecule is CC1(C)CC(=O)C2=C(C1)OC(C)(C(=O)c1ccccc1)C2. The van der Waals surface area contributed by atoms with Crippen molar-refractivity contribution in [1.82, 2.24) is 0 Å². The molecule has 1 aliphatic heterocycles. The standard InChI is InChI=1S/C18H20O3/c1-17(2)10-14(19)13-9-18(3,21-15(13)11-17)16(20)12-7-5-4-6-8-12/h4-8H,9-11H2,1-3H3. The molecule has 3 heteroatoms. The van der Waals surface area contributed by atoms with Crippen LogP contribution in [0.3, 0.4) is 0 Å². The summed E-state index contributed by atoms with van der Waals surface area (Å²) in [7, 11) is 0. The summed E-state index contributed by atoms with van der Waals surface area (Å²) >= 11 is 0. The minimum absolute atomic E-state index is 0.0527. The van der Waals surface area contributed by atoms with Crippen molar-refractivity contribution in [3.05, 3.63) is 47.2 Å². The molecule has 1 heterocycles. The molecule has 1 aliphatic carbocycles. The Morgan fingerprint density at radius 1 is 1.05 bits per heavy atom. The summed E-state index contributed by atoms with van der Waals surface area (Å²) in [5, 5.41) is 0. The first kappa shape index (κ1) is 14.1. The Hall–Kier alpha value is -1.90. The number of allylic oxidation sites excluding steroid dienone is 1. The number of rotatable bonds is 2. The first-order valence-corrected chi connectivity index (χ1v) is 7.35. The van der Waals surface area contributed by atoms with Gasteiger partial charge in [-0.3, -0.25) is 9.59 Å². The van der Waals surface area contributed by atoms with E-state index in [2.05, 4.69) is 13.8 Å². The summed E-state index contributed by atoms with van der Waals surface area (Å²) in [6.45, 7) is 5.92. The third kappa shape index (κ3) is 2.41. The molecular weight excluding hydrogens is 264 g/mol. The highest BCUT2D eigenvalue weighted by Crippen LogP contribution is 2.46. The van der Waals surface area contributed by atoms with Gasteiger partial charge in [0.05, 0.1) is 0 Å². The Balaban J connectivity index is 1.88. The van der Waals surface area contributed by atoms with Crippen LogP contribution >= 0.6 is 0 Å². The number of carbonyl (C=O) groups is 2. The summed E-state index contributed by atoms with van der Waals surface area (Å²) < 4.78 is 5.98. The monoisotopic (exact) mass is 284 g/mol. The zero-order valence-electron chi connectivity index (χ0n) is 12.7. The molecule has 0 amide bonds. The molecule has 3 rings (SSSR count). The quantitative estimate of drug-likeness (QED) is 0.778. The Morgan fingerprint density at radius 2 is 1.71 bits per heavy atom. The van der Waals surface area contributed by atoms with Gasteiger partial charge >= 0.3 is 0 Å². The van der Waals surface area contributed by atoms with Gasteiger partial charge in [0.1, 0.15) is 5.76 Å². The van der Waals surface area contributed by atoms with Gasteiger partial charge < -0.3 is 4.74 Å². The summed E-state index contributed by atoms with van der Waals surface area (Å²) in [4.78, 5) is 25.0. The van der Waals surface area contributed by atoms with E-state index in [-0.39, 0.29) is 17.0 Å². The molecule has 0 saturated carbocycles. The van der Waals surface area contributed by atoms with E-state index in [1.54, 1.807) is 19.1 Å². The molecular formula is C18H20O3. The molecule has 0 radical (unpaired) electrons. The van der Waals surface area contributed by atoms with Crippen LogP contribution in [0, 0.1) is 5.41 Å². The average Bonchev–Trinajstić information content (AvgIpc) is 2.76. The number of benzene rings is 1. The van der Waals surface area contributed by atoms with Crippen LogP contribution in [0.4, 0.5) is 0 Å². The van der Waals surface area contributed by atoms with Gasteiger partial charge in [0.15, 0.2) is 11.4 Å². The molecule has 21 heavy (non-hydrogen) atoms. The number of hydrogen-bond donors (Lipinski definition) is 0. The molecule has 3 nitrogen and oxygen atoms in total. The predicted molar refractivity (Wildman–Crippen MR) is 79.9 cm³/mol. The van der Waals surface area contributed by atoms with Crippen LogP contribution in [-0.4, -0.2) is 17.2 Å². The zero-order chi connectivity index (χ0) is 15.3. The Labute approximate surface area is 125 Å². The van der Waals surface area contributed by atoms with E-state index in [4.69, 9.17) is 4.74 Å². The van der Waals surface area contributed by atoms with Crippen molar-refractivity contribution in [3.8, 4) is 0 Å². The molecule has 1 unspecified atom stereocenters. The van der Waals surface area contributed by atoms with E-state index < -0.39 is 5.60 Å². The topological polar surface area (TPSA) is 43.4 Å². The van der Waals surface area contributed by atoms with Crippen molar-refractivity contribution < 1.29 is 14.3 Å². The molecule has 0 bridgehead atoms. The molecule has 0 fully saturated rings. The third-order valence-electron chi connectivity index (χ3n) is 4.33. The van der Waals surface area contributed by atoms with Gasteiger partial charge in [-0.2, -0.15) is 0 Å². The molecule has 0 N–H and O–H groups in total. The molecule has 1 atom stereocenters. The largest absolute Gasteiger partial charge is 0.483 e. The fraction of sp³-hybridized carbons (Fsp3) is 0.444. The number of ketones is 2. The van der Waals surface area contributed by atoms with Crippen LogP contribution < -0.4 is 0 Å². The number of hydrogen-bond acceptors (Lipinski definition) is 3. The first-order chi connectivity index (χ1) is 9.81. The maximum atomic E-state index is 12.7. The van der Waals surface area contributed by atoms with Crippen LogP contribution in [0.2, 0.25) is 0 Å². The van der Waals surface area contributed by atoms with Gasteiger partial charge in [0, 0.05) is 30.4 Å². The van der Waals surface area contributed by atoms with Gasteiger partial charge in [-0.15, -0.1) is 0 Å². The van der Waals surface area contributed by atoms with Crippen LogP contribution in [0.15, 0.2) is 41.7 Å². The highest BCUT2D eigenvalue weighted by molar-refractivity contribution is 6.05. The van der Waals surface area contributed by atoms with Gasteiger partial charge in [-0.25, -0.2) is 0 Å². The lowest BCUT2D eigenvalue weighted by Crippen LogP contribution is -2.35. The fourth-order valence-electron chi connectivity index (χ4n) is 3.26. The zero-order valence-corrected chi connectivity index (χ0v) is 12.7. The number of carbonyl (C=O) groups excluding carboxylic acids is 2. The highest BCUT2D eigenvalue weighted by atomic mass is 16.5. The highest BCUT2D eigenvalue weighted by Gasteiger charge is 2.48. The van der Waals surface area contributed by atoms with Crippen LogP contribution in [0.1, 0.15) is 50.4 Å². The van der Waals surface area contributed by atoms with Gasteiger partial charge in [0.25, 0.3) is 0 Å². The lowest BCUT2D eigenvalue weighted by molar-refractivity contribution is -0.118. The Bertz CT molecular complexity index is 640. The van der Waals surface area contributed by atoms with Crippen molar-refractivity contribution in [3.63, 3.8) is 0 Å². The van der Waals surface area contributed by atoms with Gasteiger partial charge in [0.2, 0.25) is 5.78 Å². The Kier molecular flexibility index (Phi) is 3.05. The van der Waals surface area contributed by atoms with Gasteiger partial charge in [-0.05, 0) is 12.3 Å². The van der Waals surface area contributed by atoms with Crippen molar-refractivity contribution in [2.75, 3.05) is 0 Å². The molecule has 110 valence electrons. The van der Waals surface area contributed by atoms with E-state index in [1.807, 2.05) is 18.2 Å². The molecule has 1 aromatic rings. The van der Waals surface area contributed by atoms with Crippen LogP contribution in [0.25, 0.3) is 0 Å².